The summed E-state index contributed by atoms with van der Waals surface area (Å²) in [5, 5.41) is 2.97. The van der Waals surface area contributed by atoms with Gasteiger partial charge >= 0.3 is 0 Å². The van der Waals surface area contributed by atoms with E-state index in [1.165, 1.54) is 10.6 Å². The zero-order chi connectivity index (χ0) is 17.7. The first-order valence-electron chi connectivity index (χ1n) is 8.48. The molecule has 0 spiro atoms. The number of unbranched alkanes of at least 4 members (excludes halogenated alkanes) is 1. The molecule has 7 heteroatoms. The first-order valence-corrected chi connectivity index (χ1v) is 10.3. The van der Waals surface area contributed by atoms with Crippen molar-refractivity contribution in [2.45, 2.75) is 45.1 Å². The number of aryl methyl sites for hydroxylation is 1. The molecule has 1 atom stereocenters. The van der Waals surface area contributed by atoms with Gasteiger partial charge in [0.15, 0.2) is 0 Å². The molecule has 1 aromatic rings. The molecule has 1 aliphatic rings. The van der Waals surface area contributed by atoms with Crippen molar-refractivity contribution in [2.75, 3.05) is 23.7 Å². The molecule has 0 saturated carbocycles. The van der Waals surface area contributed by atoms with Gasteiger partial charge in [-0.3, -0.25) is 9.10 Å². The van der Waals surface area contributed by atoms with Gasteiger partial charge < -0.3 is 11.1 Å². The molecule has 1 unspecified atom stereocenters. The Kier molecular flexibility index (Phi) is 6.23. The van der Waals surface area contributed by atoms with Crippen molar-refractivity contribution in [1.82, 2.24) is 5.32 Å². The second kappa shape index (κ2) is 7.98. The highest BCUT2D eigenvalue weighted by molar-refractivity contribution is 7.92. The normalized spacial score (nSPS) is 15.7. The maximum Gasteiger partial charge on any atom is 0.251 e. The number of carbonyl (C=O) groups is 1. The third-order valence-corrected chi connectivity index (χ3v) is 5.52. The van der Waals surface area contributed by atoms with Crippen LogP contribution in [0.5, 0.6) is 0 Å². The number of sulfonamides is 1. The Morgan fingerprint density at radius 2 is 2.17 bits per heavy atom. The number of nitrogens with one attached hydrogen (secondary N) is 1. The van der Waals surface area contributed by atoms with Crippen LogP contribution in [0.3, 0.4) is 0 Å². The summed E-state index contributed by atoms with van der Waals surface area (Å²) in [6.45, 7) is 3.01. The number of hydrogen-bond acceptors (Lipinski definition) is 4. The summed E-state index contributed by atoms with van der Waals surface area (Å²) in [6.07, 6.45) is 5.70. The second-order valence-electron chi connectivity index (χ2n) is 6.33. The standard InChI is InChI=1S/C17H27N3O3S/c1-3-4-7-15(12-18)19-17(21)14-8-9-16-13(11-14)6-5-10-20(16)24(2,22)23/h8-9,11,15H,3-7,10,12,18H2,1-2H3,(H,19,21). The van der Waals surface area contributed by atoms with Gasteiger partial charge in [-0.15, -0.1) is 0 Å². The fourth-order valence-electron chi connectivity index (χ4n) is 3.02. The van der Waals surface area contributed by atoms with Crippen molar-refractivity contribution >= 4 is 21.6 Å². The number of fused-ring (bicyclic) bond motifs is 1. The Morgan fingerprint density at radius 3 is 2.79 bits per heavy atom. The quantitative estimate of drug-likeness (QED) is 0.779. The van der Waals surface area contributed by atoms with E-state index in [-0.39, 0.29) is 11.9 Å². The molecule has 1 heterocycles. The molecular formula is C17H27N3O3S. The zero-order valence-corrected chi connectivity index (χ0v) is 15.2. The lowest BCUT2D eigenvalue weighted by atomic mass is 10.00. The lowest BCUT2D eigenvalue weighted by Crippen LogP contribution is -2.40. The number of benzene rings is 1. The van der Waals surface area contributed by atoms with Crippen LogP contribution in [0.1, 0.15) is 48.5 Å². The van der Waals surface area contributed by atoms with Crippen LogP contribution in [0.15, 0.2) is 18.2 Å². The highest BCUT2D eigenvalue weighted by atomic mass is 32.2. The van der Waals surface area contributed by atoms with E-state index >= 15 is 0 Å². The van der Waals surface area contributed by atoms with Crippen molar-refractivity contribution in [2.24, 2.45) is 5.73 Å². The number of hydrogen-bond donors (Lipinski definition) is 2. The summed E-state index contributed by atoms with van der Waals surface area (Å²) < 4.78 is 25.2. The number of rotatable bonds is 7. The SMILES string of the molecule is CCCCC(CN)NC(=O)c1ccc2c(c1)CCCN2S(C)(=O)=O. The van der Waals surface area contributed by atoms with E-state index in [4.69, 9.17) is 5.73 Å². The van der Waals surface area contributed by atoms with Crippen molar-refractivity contribution in [1.29, 1.82) is 0 Å². The summed E-state index contributed by atoms with van der Waals surface area (Å²) in [5.74, 6) is -0.152. The van der Waals surface area contributed by atoms with E-state index in [2.05, 4.69) is 12.2 Å². The van der Waals surface area contributed by atoms with Crippen molar-refractivity contribution in [3.05, 3.63) is 29.3 Å². The molecular weight excluding hydrogens is 326 g/mol. The Morgan fingerprint density at radius 1 is 1.42 bits per heavy atom. The summed E-state index contributed by atoms with van der Waals surface area (Å²) in [6, 6.07) is 5.19. The Balaban J connectivity index is 2.17. The lowest BCUT2D eigenvalue weighted by Gasteiger charge is -2.29. The van der Waals surface area contributed by atoms with E-state index in [1.54, 1.807) is 18.2 Å². The molecule has 1 amide bonds. The van der Waals surface area contributed by atoms with E-state index in [0.29, 0.717) is 24.3 Å². The molecule has 1 aliphatic heterocycles. The van der Waals surface area contributed by atoms with Crippen molar-refractivity contribution < 1.29 is 13.2 Å². The molecule has 3 N–H and O–H groups in total. The predicted molar refractivity (Wildman–Crippen MR) is 96.8 cm³/mol. The topological polar surface area (TPSA) is 92.5 Å². The van der Waals surface area contributed by atoms with Gasteiger partial charge in [-0.2, -0.15) is 0 Å². The average molecular weight is 353 g/mol. The van der Waals surface area contributed by atoms with E-state index in [1.807, 2.05) is 0 Å². The number of nitrogens with zero attached hydrogens (tertiary/aromatic N) is 1. The molecule has 6 nitrogen and oxygen atoms in total. The fraction of sp³-hybridized carbons (Fsp3) is 0.588. The van der Waals surface area contributed by atoms with Crippen LogP contribution >= 0.6 is 0 Å². The molecule has 0 saturated heterocycles. The van der Waals surface area contributed by atoms with Crippen molar-refractivity contribution in [3.63, 3.8) is 0 Å². The van der Waals surface area contributed by atoms with Gasteiger partial charge in [0.05, 0.1) is 11.9 Å². The van der Waals surface area contributed by atoms with Gasteiger partial charge in [0, 0.05) is 24.7 Å². The van der Waals surface area contributed by atoms with Crippen LogP contribution in [0.2, 0.25) is 0 Å². The first kappa shape index (κ1) is 18.7. The Hall–Kier alpha value is -1.60. The minimum atomic E-state index is -3.29. The van der Waals surface area contributed by atoms with E-state index in [9.17, 15) is 13.2 Å². The number of nitrogens with two attached hydrogens (primary N) is 1. The lowest BCUT2D eigenvalue weighted by molar-refractivity contribution is 0.0935. The Labute approximate surface area is 144 Å². The van der Waals surface area contributed by atoms with Crippen LogP contribution in [0.25, 0.3) is 0 Å². The molecule has 0 aliphatic carbocycles. The van der Waals surface area contributed by atoms with Crippen LogP contribution in [-0.4, -0.2) is 39.7 Å². The van der Waals surface area contributed by atoms with E-state index < -0.39 is 10.0 Å². The van der Waals surface area contributed by atoms with Gasteiger partial charge in [0.2, 0.25) is 10.0 Å². The van der Waals surface area contributed by atoms with Gasteiger partial charge in [-0.05, 0) is 43.0 Å². The van der Waals surface area contributed by atoms with E-state index in [0.717, 1.165) is 37.7 Å². The number of amides is 1. The van der Waals surface area contributed by atoms with Gasteiger partial charge in [-0.1, -0.05) is 19.8 Å². The molecule has 1 aromatic carbocycles. The Bertz CT molecular complexity index is 688. The monoisotopic (exact) mass is 353 g/mol. The fourth-order valence-corrected chi connectivity index (χ4v) is 4.01. The smallest absolute Gasteiger partial charge is 0.251 e. The average Bonchev–Trinajstić information content (AvgIpc) is 2.56. The summed E-state index contributed by atoms with van der Waals surface area (Å²) in [4.78, 5) is 12.4. The first-order chi connectivity index (χ1) is 11.4. The molecule has 134 valence electrons. The second-order valence-corrected chi connectivity index (χ2v) is 8.24. The summed E-state index contributed by atoms with van der Waals surface area (Å²) in [5.41, 5.74) is 7.87. The molecule has 0 bridgehead atoms. The molecule has 24 heavy (non-hydrogen) atoms. The van der Waals surface area contributed by atoms with Crippen LogP contribution < -0.4 is 15.4 Å². The van der Waals surface area contributed by atoms with Crippen molar-refractivity contribution in [3.8, 4) is 0 Å². The number of carbonyl (C=O) groups excluding carboxylic acids is 1. The molecule has 0 aromatic heterocycles. The molecule has 2 rings (SSSR count). The minimum absolute atomic E-state index is 0.0269. The third kappa shape index (κ3) is 4.48. The largest absolute Gasteiger partial charge is 0.348 e. The maximum absolute atomic E-state index is 12.4. The van der Waals surface area contributed by atoms with Gasteiger partial charge in [-0.25, -0.2) is 8.42 Å². The predicted octanol–water partition coefficient (Wildman–Crippen LogP) is 1.65. The highest BCUT2D eigenvalue weighted by Gasteiger charge is 2.25. The number of anilines is 1. The summed E-state index contributed by atoms with van der Waals surface area (Å²) in [7, 11) is -3.29. The highest BCUT2D eigenvalue weighted by Crippen LogP contribution is 2.29. The maximum atomic E-state index is 12.4. The molecule has 0 fully saturated rings. The third-order valence-electron chi connectivity index (χ3n) is 4.34. The van der Waals surface area contributed by atoms with Gasteiger partial charge in [0.25, 0.3) is 5.91 Å². The van der Waals surface area contributed by atoms with Crippen LogP contribution in [0.4, 0.5) is 5.69 Å². The van der Waals surface area contributed by atoms with Gasteiger partial charge in [0.1, 0.15) is 0 Å². The van der Waals surface area contributed by atoms with Crippen LogP contribution in [-0.2, 0) is 16.4 Å². The molecule has 0 radical (unpaired) electrons. The minimum Gasteiger partial charge on any atom is -0.348 e. The summed E-state index contributed by atoms with van der Waals surface area (Å²) >= 11 is 0. The zero-order valence-electron chi connectivity index (χ0n) is 14.4. The van der Waals surface area contributed by atoms with Crippen LogP contribution in [0, 0.1) is 0 Å².